The van der Waals surface area contributed by atoms with Crippen molar-refractivity contribution in [1.82, 2.24) is 4.73 Å². The van der Waals surface area contributed by atoms with Crippen LogP contribution in [0.3, 0.4) is 0 Å². The highest BCUT2D eigenvalue weighted by molar-refractivity contribution is 5.82. The summed E-state index contributed by atoms with van der Waals surface area (Å²) in [5, 5.41) is 0.679. The Morgan fingerprint density at radius 3 is 2.62 bits per heavy atom. The Bertz CT molecular complexity index is 737. The van der Waals surface area contributed by atoms with Crippen LogP contribution in [-0.2, 0) is 11.2 Å². The van der Waals surface area contributed by atoms with E-state index in [2.05, 4.69) is 4.84 Å². The van der Waals surface area contributed by atoms with Crippen LogP contribution >= 0.6 is 0 Å². The standard InChI is InChI=1S/C13H11F3N2O3/c14-13(15,16)12(20)21-18-6-4-9-7-8(3-5-17)1-2-10(9)11(18)19/h1-2,4,6-7H,3,5,17H2. The molecule has 0 saturated heterocycles. The van der Waals surface area contributed by atoms with Gasteiger partial charge in [-0.25, -0.2) is 4.79 Å². The molecule has 112 valence electrons. The van der Waals surface area contributed by atoms with Crippen LogP contribution in [0.1, 0.15) is 5.56 Å². The van der Waals surface area contributed by atoms with Crippen LogP contribution in [0.2, 0.25) is 0 Å². The van der Waals surface area contributed by atoms with Crippen molar-refractivity contribution in [2.24, 2.45) is 5.73 Å². The molecule has 1 aromatic carbocycles. The molecule has 0 fully saturated rings. The van der Waals surface area contributed by atoms with Crippen molar-refractivity contribution in [3.63, 3.8) is 0 Å². The van der Waals surface area contributed by atoms with Gasteiger partial charge < -0.3 is 10.6 Å². The van der Waals surface area contributed by atoms with E-state index in [1.165, 1.54) is 12.1 Å². The highest BCUT2D eigenvalue weighted by atomic mass is 19.4. The number of nitrogens with zero attached hydrogens (tertiary/aromatic N) is 1. The maximum absolute atomic E-state index is 12.1. The number of rotatable bonds is 3. The second-order valence-corrected chi connectivity index (χ2v) is 4.28. The molecule has 2 rings (SSSR count). The number of hydrogen-bond donors (Lipinski definition) is 1. The summed E-state index contributed by atoms with van der Waals surface area (Å²) >= 11 is 0. The number of halogens is 3. The van der Waals surface area contributed by atoms with Crippen molar-refractivity contribution < 1.29 is 22.8 Å². The van der Waals surface area contributed by atoms with Gasteiger partial charge in [-0.05, 0) is 36.0 Å². The van der Waals surface area contributed by atoms with E-state index in [0.717, 1.165) is 11.8 Å². The van der Waals surface area contributed by atoms with Gasteiger partial charge in [0.25, 0.3) is 5.56 Å². The van der Waals surface area contributed by atoms with Gasteiger partial charge in [0.2, 0.25) is 0 Å². The molecule has 0 atom stereocenters. The van der Waals surface area contributed by atoms with Crippen LogP contribution in [0.4, 0.5) is 13.2 Å². The molecule has 0 saturated carbocycles. The quantitative estimate of drug-likeness (QED) is 0.918. The van der Waals surface area contributed by atoms with E-state index < -0.39 is 17.7 Å². The summed E-state index contributed by atoms with van der Waals surface area (Å²) < 4.78 is 36.6. The monoisotopic (exact) mass is 300 g/mol. The topological polar surface area (TPSA) is 74.3 Å². The van der Waals surface area contributed by atoms with Crippen molar-refractivity contribution in [3.8, 4) is 0 Å². The first-order chi connectivity index (χ1) is 9.82. The molecule has 0 radical (unpaired) electrons. The van der Waals surface area contributed by atoms with E-state index in [1.54, 1.807) is 12.1 Å². The number of alkyl halides is 3. The lowest BCUT2D eigenvalue weighted by Gasteiger charge is -2.09. The van der Waals surface area contributed by atoms with E-state index >= 15 is 0 Å². The third-order valence-corrected chi connectivity index (χ3v) is 2.78. The zero-order chi connectivity index (χ0) is 15.6. The Balaban J connectivity index is 2.41. The smallest absolute Gasteiger partial charge is 0.330 e. The third-order valence-electron chi connectivity index (χ3n) is 2.78. The molecule has 0 bridgehead atoms. The maximum Gasteiger partial charge on any atom is 0.493 e. The molecule has 5 nitrogen and oxygen atoms in total. The van der Waals surface area contributed by atoms with Crippen LogP contribution in [0.15, 0.2) is 35.3 Å². The van der Waals surface area contributed by atoms with Crippen LogP contribution in [0, 0.1) is 0 Å². The fourth-order valence-electron chi connectivity index (χ4n) is 1.81. The first-order valence-corrected chi connectivity index (χ1v) is 5.97. The summed E-state index contributed by atoms with van der Waals surface area (Å²) in [6.07, 6.45) is -3.58. The fraction of sp³-hybridized carbons (Fsp3) is 0.231. The number of hydrogen-bond acceptors (Lipinski definition) is 4. The Hall–Kier alpha value is -2.35. The van der Waals surface area contributed by atoms with Gasteiger partial charge in [0, 0.05) is 6.20 Å². The van der Waals surface area contributed by atoms with Crippen LogP contribution in [0.5, 0.6) is 0 Å². The van der Waals surface area contributed by atoms with Gasteiger partial charge in [0.15, 0.2) is 0 Å². The number of pyridine rings is 1. The van der Waals surface area contributed by atoms with Crippen molar-refractivity contribution >= 4 is 16.7 Å². The lowest BCUT2D eigenvalue weighted by atomic mass is 10.1. The first-order valence-electron chi connectivity index (χ1n) is 5.97. The van der Waals surface area contributed by atoms with E-state index in [4.69, 9.17) is 5.73 Å². The normalized spacial score (nSPS) is 11.6. The molecule has 1 heterocycles. The highest BCUT2D eigenvalue weighted by Gasteiger charge is 2.42. The molecule has 8 heteroatoms. The number of carbonyl (C=O) groups excluding carboxylic acids is 1. The van der Waals surface area contributed by atoms with Gasteiger partial charge in [-0.3, -0.25) is 4.79 Å². The Morgan fingerprint density at radius 2 is 2.00 bits per heavy atom. The molecule has 1 aromatic heterocycles. The number of aromatic nitrogens is 1. The Labute approximate surface area is 116 Å². The predicted molar refractivity (Wildman–Crippen MR) is 68.6 cm³/mol. The fourth-order valence-corrected chi connectivity index (χ4v) is 1.81. The maximum atomic E-state index is 12.1. The summed E-state index contributed by atoms with van der Waals surface area (Å²) in [5.41, 5.74) is 5.48. The largest absolute Gasteiger partial charge is 0.493 e. The van der Waals surface area contributed by atoms with Crippen molar-refractivity contribution in [2.75, 3.05) is 6.54 Å². The average molecular weight is 300 g/mol. The minimum atomic E-state index is -5.17. The van der Waals surface area contributed by atoms with Crippen LogP contribution in [0.25, 0.3) is 10.8 Å². The molecule has 0 aliphatic heterocycles. The molecule has 0 aliphatic carbocycles. The van der Waals surface area contributed by atoms with Gasteiger partial charge in [-0.2, -0.15) is 13.2 Å². The summed E-state index contributed by atoms with van der Waals surface area (Å²) in [7, 11) is 0. The van der Waals surface area contributed by atoms with E-state index in [9.17, 15) is 22.8 Å². The van der Waals surface area contributed by atoms with Crippen LogP contribution in [-0.4, -0.2) is 23.4 Å². The molecule has 0 spiro atoms. The second-order valence-electron chi connectivity index (χ2n) is 4.28. The van der Waals surface area contributed by atoms with Gasteiger partial charge in [-0.15, -0.1) is 4.73 Å². The van der Waals surface area contributed by atoms with Crippen molar-refractivity contribution in [2.45, 2.75) is 12.6 Å². The lowest BCUT2D eigenvalue weighted by molar-refractivity contribution is -0.200. The molecule has 0 aliphatic rings. The summed E-state index contributed by atoms with van der Waals surface area (Å²) in [6.45, 7) is 0.436. The number of benzene rings is 1. The SMILES string of the molecule is NCCc1ccc2c(=O)n(OC(=O)C(F)(F)F)ccc2c1. The van der Waals surface area contributed by atoms with E-state index in [0.29, 0.717) is 18.4 Å². The van der Waals surface area contributed by atoms with E-state index in [-0.39, 0.29) is 10.1 Å². The molecule has 2 N–H and O–H groups in total. The third kappa shape index (κ3) is 3.22. The van der Waals surface area contributed by atoms with Crippen LogP contribution < -0.4 is 16.1 Å². The minimum Gasteiger partial charge on any atom is -0.330 e. The summed E-state index contributed by atoms with van der Waals surface area (Å²) in [4.78, 5) is 26.7. The second kappa shape index (κ2) is 5.57. The minimum absolute atomic E-state index is 0.147. The van der Waals surface area contributed by atoms with Gasteiger partial charge in [0.1, 0.15) is 0 Å². The number of carbonyl (C=O) groups is 1. The number of nitrogens with two attached hydrogens (primary N) is 1. The molecule has 0 unspecified atom stereocenters. The summed E-state index contributed by atoms with van der Waals surface area (Å²) in [5.74, 6) is -2.45. The first kappa shape index (κ1) is 15.0. The molecule has 21 heavy (non-hydrogen) atoms. The van der Waals surface area contributed by atoms with Crippen molar-refractivity contribution in [3.05, 3.63) is 46.4 Å². The Morgan fingerprint density at radius 1 is 1.29 bits per heavy atom. The van der Waals surface area contributed by atoms with Crippen molar-refractivity contribution in [1.29, 1.82) is 0 Å². The molecule has 0 amide bonds. The zero-order valence-corrected chi connectivity index (χ0v) is 10.7. The average Bonchev–Trinajstić information content (AvgIpc) is 2.41. The molecular formula is C13H11F3N2O3. The highest BCUT2D eigenvalue weighted by Crippen LogP contribution is 2.16. The lowest BCUT2D eigenvalue weighted by Crippen LogP contribution is -2.38. The Kier molecular flexibility index (Phi) is 3.99. The van der Waals surface area contributed by atoms with E-state index in [1.807, 2.05) is 0 Å². The van der Waals surface area contributed by atoms with Gasteiger partial charge in [0.05, 0.1) is 5.39 Å². The molecular weight excluding hydrogens is 289 g/mol. The zero-order valence-electron chi connectivity index (χ0n) is 10.7. The van der Waals surface area contributed by atoms with Gasteiger partial charge in [-0.1, -0.05) is 12.1 Å². The predicted octanol–water partition coefficient (Wildman–Crippen LogP) is 1.02. The van der Waals surface area contributed by atoms with Gasteiger partial charge >= 0.3 is 12.1 Å². The summed E-state index contributed by atoms with van der Waals surface area (Å²) in [6, 6.07) is 6.20. The molecule has 2 aromatic rings. The number of fused-ring (bicyclic) bond motifs is 1.